The van der Waals surface area contributed by atoms with Gasteiger partial charge in [0.05, 0.1) is 10.2 Å². The molecule has 0 bridgehead atoms. The smallest absolute Gasteiger partial charge is 0.184 e. The van der Waals surface area contributed by atoms with E-state index in [9.17, 15) is 0 Å². The zero-order chi connectivity index (χ0) is 11.8. The molecule has 0 radical (unpaired) electrons. The summed E-state index contributed by atoms with van der Waals surface area (Å²) in [6.45, 7) is 0. The minimum atomic E-state index is 0. The molecule has 18 heavy (non-hydrogen) atoms. The Hall–Kier alpha value is -0.550. The van der Waals surface area contributed by atoms with Gasteiger partial charge in [-0.1, -0.05) is 22.9 Å². The number of nitrogens with two attached hydrogens (primary N) is 1. The molecule has 1 saturated carbocycles. The molecule has 1 heterocycles. The zero-order valence-electron chi connectivity index (χ0n) is 9.73. The molecule has 2 aromatic rings. The molecule has 1 aromatic carbocycles. The summed E-state index contributed by atoms with van der Waals surface area (Å²) in [7, 11) is 0. The summed E-state index contributed by atoms with van der Waals surface area (Å²) >= 11 is 7.60. The van der Waals surface area contributed by atoms with Crippen LogP contribution in [0.1, 0.15) is 19.3 Å². The third-order valence-corrected chi connectivity index (χ3v) is 4.41. The molecule has 3 N–H and O–H groups in total. The van der Waals surface area contributed by atoms with Gasteiger partial charge in [-0.3, -0.25) is 0 Å². The maximum absolute atomic E-state index is 6.04. The van der Waals surface area contributed by atoms with Crippen molar-refractivity contribution in [3.63, 3.8) is 0 Å². The van der Waals surface area contributed by atoms with E-state index in [0.29, 0.717) is 6.04 Å². The van der Waals surface area contributed by atoms with Gasteiger partial charge in [0.2, 0.25) is 0 Å². The number of halogens is 2. The van der Waals surface area contributed by atoms with Crippen molar-refractivity contribution < 1.29 is 0 Å². The topological polar surface area (TPSA) is 50.9 Å². The summed E-state index contributed by atoms with van der Waals surface area (Å²) in [4.78, 5) is 4.54. The first-order valence-corrected chi connectivity index (χ1v) is 7.00. The summed E-state index contributed by atoms with van der Waals surface area (Å²) in [6, 6.07) is 6.40. The molecule has 0 spiro atoms. The molecule has 3 rings (SSSR count). The summed E-state index contributed by atoms with van der Waals surface area (Å²) in [5.41, 5.74) is 7.03. The van der Waals surface area contributed by atoms with Gasteiger partial charge in [-0.15, -0.1) is 12.4 Å². The van der Waals surface area contributed by atoms with Crippen molar-refractivity contribution in [3.05, 3.63) is 23.2 Å². The number of aromatic nitrogens is 1. The number of fused-ring (bicyclic) bond motifs is 1. The SMILES string of the molecule is Cl.N[C@H]1CCC[C@@H]1Nc1nc2ccc(Cl)cc2s1. The molecule has 3 nitrogen and oxygen atoms in total. The Kier molecular flexibility index (Phi) is 4.33. The fourth-order valence-corrected chi connectivity index (χ4v) is 3.49. The Bertz CT molecular complexity index is 543. The molecule has 1 fully saturated rings. The van der Waals surface area contributed by atoms with Crippen LogP contribution in [0.5, 0.6) is 0 Å². The molecular formula is C12H15Cl2N3S. The van der Waals surface area contributed by atoms with Gasteiger partial charge in [-0.2, -0.15) is 0 Å². The maximum atomic E-state index is 6.04. The van der Waals surface area contributed by atoms with Crippen molar-refractivity contribution in [3.8, 4) is 0 Å². The lowest BCUT2D eigenvalue weighted by Crippen LogP contribution is -2.35. The molecule has 0 saturated heterocycles. The highest BCUT2D eigenvalue weighted by Crippen LogP contribution is 2.30. The van der Waals surface area contributed by atoms with Gasteiger partial charge in [0.25, 0.3) is 0 Å². The molecule has 0 aliphatic heterocycles. The largest absolute Gasteiger partial charge is 0.357 e. The number of hydrogen-bond donors (Lipinski definition) is 2. The number of rotatable bonds is 2. The van der Waals surface area contributed by atoms with E-state index in [2.05, 4.69) is 10.3 Å². The van der Waals surface area contributed by atoms with Crippen LogP contribution in [0.3, 0.4) is 0 Å². The van der Waals surface area contributed by atoms with E-state index in [1.165, 1.54) is 6.42 Å². The van der Waals surface area contributed by atoms with Crippen LogP contribution in [0.15, 0.2) is 18.2 Å². The van der Waals surface area contributed by atoms with Gasteiger partial charge in [0.15, 0.2) is 5.13 Å². The number of anilines is 1. The standard InChI is InChI=1S/C12H14ClN3S.ClH/c13-7-4-5-10-11(6-7)17-12(16-10)15-9-3-1-2-8(9)14;/h4-6,8-9H,1-3,14H2,(H,15,16);1H/t8-,9-;/m0./s1. The molecule has 0 amide bonds. The molecule has 0 unspecified atom stereocenters. The average Bonchev–Trinajstić information content (AvgIpc) is 2.85. The van der Waals surface area contributed by atoms with Crippen molar-refractivity contribution in [2.75, 3.05) is 5.32 Å². The lowest BCUT2D eigenvalue weighted by atomic mass is 10.2. The molecule has 2 atom stereocenters. The maximum Gasteiger partial charge on any atom is 0.184 e. The van der Waals surface area contributed by atoms with Crippen molar-refractivity contribution in [2.24, 2.45) is 5.73 Å². The van der Waals surface area contributed by atoms with Crippen molar-refractivity contribution in [1.29, 1.82) is 0 Å². The lowest BCUT2D eigenvalue weighted by molar-refractivity contribution is 0.637. The highest BCUT2D eigenvalue weighted by molar-refractivity contribution is 7.22. The summed E-state index contributed by atoms with van der Waals surface area (Å²) < 4.78 is 1.12. The highest BCUT2D eigenvalue weighted by atomic mass is 35.5. The van der Waals surface area contributed by atoms with E-state index >= 15 is 0 Å². The van der Waals surface area contributed by atoms with Crippen molar-refractivity contribution >= 4 is 50.7 Å². The van der Waals surface area contributed by atoms with E-state index in [1.54, 1.807) is 11.3 Å². The van der Waals surface area contributed by atoms with Crippen molar-refractivity contribution in [2.45, 2.75) is 31.3 Å². The molecule has 1 aliphatic carbocycles. The number of thiazole rings is 1. The predicted molar refractivity (Wildman–Crippen MR) is 81.1 cm³/mol. The van der Waals surface area contributed by atoms with Crippen LogP contribution in [0, 0.1) is 0 Å². The van der Waals surface area contributed by atoms with Crippen molar-refractivity contribution in [1.82, 2.24) is 4.98 Å². The van der Waals surface area contributed by atoms with Gasteiger partial charge in [0.1, 0.15) is 0 Å². The zero-order valence-corrected chi connectivity index (χ0v) is 12.1. The second kappa shape index (κ2) is 5.61. The second-order valence-electron chi connectivity index (χ2n) is 4.48. The van der Waals surface area contributed by atoms with Gasteiger partial charge in [-0.25, -0.2) is 4.98 Å². The van der Waals surface area contributed by atoms with Crippen LogP contribution in [0.2, 0.25) is 5.02 Å². The minimum Gasteiger partial charge on any atom is -0.357 e. The van der Waals surface area contributed by atoms with Gasteiger partial charge in [0, 0.05) is 17.1 Å². The van der Waals surface area contributed by atoms with Crippen LogP contribution in [-0.2, 0) is 0 Å². The number of nitrogens with one attached hydrogen (secondary N) is 1. The number of nitrogens with zero attached hydrogens (tertiary/aromatic N) is 1. The van der Waals surface area contributed by atoms with Crippen LogP contribution < -0.4 is 11.1 Å². The normalized spacial score (nSPS) is 23.0. The summed E-state index contributed by atoms with van der Waals surface area (Å²) in [6.07, 6.45) is 3.45. The summed E-state index contributed by atoms with van der Waals surface area (Å²) in [5, 5.41) is 5.14. The molecule has 98 valence electrons. The summed E-state index contributed by atoms with van der Waals surface area (Å²) in [5.74, 6) is 0. The third kappa shape index (κ3) is 2.72. The van der Waals surface area contributed by atoms with Gasteiger partial charge >= 0.3 is 0 Å². The first kappa shape index (κ1) is 13.9. The number of hydrogen-bond acceptors (Lipinski definition) is 4. The van der Waals surface area contributed by atoms with Crippen LogP contribution >= 0.6 is 35.3 Å². The van der Waals surface area contributed by atoms with Crippen LogP contribution in [0.4, 0.5) is 5.13 Å². The Balaban J connectivity index is 0.00000120. The van der Waals surface area contributed by atoms with Crippen LogP contribution in [0.25, 0.3) is 10.2 Å². The molecule has 1 aromatic heterocycles. The first-order valence-electron chi connectivity index (χ1n) is 5.80. The second-order valence-corrected chi connectivity index (χ2v) is 5.94. The Morgan fingerprint density at radius 1 is 1.39 bits per heavy atom. The van der Waals surface area contributed by atoms with E-state index < -0.39 is 0 Å². The predicted octanol–water partition coefficient (Wildman–Crippen LogP) is 3.66. The van der Waals surface area contributed by atoms with Gasteiger partial charge < -0.3 is 11.1 Å². The minimum absolute atomic E-state index is 0. The Morgan fingerprint density at radius 3 is 2.94 bits per heavy atom. The fraction of sp³-hybridized carbons (Fsp3) is 0.417. The molecule has 1 aliphatic rings. The highest BCUT2D eigenvalue weighted by Gasteiger charge is 2.24. The third-order valence-electron chi connectivity index (χ3n) is 3.23. The fourth-order valence-electron chi connectivity index (χ4n) is 2.29. The van der Waals surface area contributed by atoms with Crippen LogP contribution in [-0.4, -0.2) is 17.1 Å². The average molecular weight is 304 g/mol. The monoisotopic (exact) mass is 303 g/mol. The van der Waals surface area contributed by atoms with E-state index in [0.717, 1.165) is 33.2 Å². The van der Waals surface area contributed by atoms with E-state index in [1.807, 2.05) is 18.2 Å². The molecular weight excluding hydrogens is 289 g/mol. The Labute approximate surface area is 121 Å². The molecule has 6 heteroatoms. The lowest BCUT2D eigenvalue weighted by Gasteiger charge is -2.15. The quantitative estimate of drug-likeness (QED) is 0.890. The van der Waals surface area contributed by atoms with E-state index in [-0.39, 0.29) is 18.4 Å². The number of benzene rings is 1. The van der Waals surface area contributed by atoms with Gasteiger partial charge in [-0.05, 0) is 37.5 Å². The first-order chi connectivity index (χ1) is 8.22. The Morgan fingerprint density at radius 2 is 2.22 bits per heavy atom. The van der Waals surface area contributed by atoms with E-state index in [4.69, 9.17) is 17.3 Å².